The number of nitro groups is 1. The maximum Gasteiger partial charge on any atom is 0.380 e. The van der Waals surface area contributed by atoms with Crippen LogP contribution in [0.4, 0.5) is 10.1 Å². The number of hydrogen-bond donors (Lipinski definition) is 0. The molecule has 0 aliphatic carbocycles. The number of esters is 1. The summed E-state index contributed by atoms with van der Waals surface area (Å²) >= 11 is 0. The summed E-state index contributed by atoms with van der Waals surface area (Å²) in [6.07, 6.45) is -2.30. The van der Waals surface area contributed by atoms with Crippen LogP contribution in [0.3, 0.4) is 0 Å². The van der Waals surface area contributed by atoms with E-state index >= 15 is 0 Å². The lowest BCUT2D eigenvalue weighted by Gasteiger charge is -2.08. The first-order valence-electron chi connectivity index (χ1n) is 4.17. The minimum Gasteiger partial charge on any atom is -0.464 e. The van der Waals surface area contributed by atoms with Gasteiger partial charge in [-0.15, -0.1) is 0 Å². The van der Waals surface area contributed by atoms with E-state index in [9.17, 15) is 19.3 Å². The molecule has 86 valence electrons. The fraction of sp³-hybridized carbons (Fsp3) is 0.222. The van der Waals surface area contributed by atoms with Crippen LogP contribution in [0.15, 0.2) is 24.3 Å². The Balaban J connectivity index is 2.78. The predicted octanol–water partition coefficient (Wildman–Crippen LogP) is 1.44. The quantitative estimate of drug-likeness (QED) is 0.443. The number of alkyl halides is 1. The molecule has 1 atom stereocenters. The van der Waals surface area contributed by atoms with Crippen LogP contribution in [0, 0.1) is 10.1 Å². The third kappa shape index (κ3) is 2.91. The summed E-state index contributed by atoms with van der Waals surface area (Å²) in [5.74, 6) is -1.32. The smallest absolute Gasteiger partial charge is 0.380 e. The molecule has 1 rings (SSSR count). The fourth-order valence-electron chi connectivity index (χ4n) is 0.931. The highest BCUT2D eigenvalue weighted by Gasteiger charge is 2.20. The molecule has 0 saturated heterocycles. The molecule has 6 nitrogen and oxygen atoms in total. The van der Waals surface area contributed by atoms with Crippen LogP contribution in [0.25, 0.3) is 0 Å². The average Bonchev–Trinajstić information content (AvgIpc) is 2.28. The minimum absolute atomic E-state index is 0.118. The van der Waals surface area contributed by atoms with Gasteiger partial charge in [-0.25, -0.2) is 4.79 Å². The maximum atomic E-state index is 12.9. The van der Waals surface area contributed by atoms with Gasteiger partial charge >= 0.3 is 12.3 Å². The highest BCUT2D eigenvalue weighted by molar-refractivity contribution is 5.73. The lowest BCUT2D eigenvalue weighted by Crippen LogP contribution is -2.23. The Hall–Kier alpha value is -2.18. The molecule has 0 heterocycles. The van der Waals surface area contributed by atoms with Crippen molar-refractivity contribution in [3.05, 3.63) is 34.4 Å². The van der Waals surface area contributed by atoms with Crippen LogP contribution in [0.2, 0.25) is 0 Å². The highest BCUT2D eigenvalue weighted by Crippen LogP contribution is 2.20. The number of halogens is 1. The Morgan fingerprint density at radius 3 is 2.81 bits per heavy atom. The van der Waals surface area contributed by atoms with Crippen molar-refractivity contribution in [1.29, 1.82) is 0 Å². The number of nitrogens with zero attached hydrogens (tertiary/aromatic N) is 1. The minimum atomic E-state index is -2.30. The Kier molecular flexibility index (Phi) is 3.76. The van der Waals surface area contributed by atoms with Crippen molar-refractivity contribution in [3.8, 4) is 5.75 Å². The zero-order chi connectivity index (χ0) is 12.1. The second kappa shape index (κ2) is 5.06. The molecule has 0 aliphatic rings. The summed E-state index contributed by atoms with van der Waals surface area (Å²) in [6.45, 7) is 0. The molecule has 0 spiro atoms. The lowest BCUT2D eigenvalue weighted by atomic mass is 10.3. The van der Waals surface area contributed by atoms with E-state index in [4.69, 9.17) is 0 Å². The third-order valence-corrected chi connectivity index (χ3v) is 1.65. The molecule has 0 aromatic heterocycles. The molecule has 0 saturated carbocycles. The van der Waals surface area contributed by atoms with Crippen molar-refractivity contribution in [1.82, 2.24) is 0 Å². The van der Waals surface area contributed by atoms with E-state index in [1.807, 2.05) is 0 Å². The molecule has 16 heavy (non-hydrogen) atoms. The molecule has 0 radical (unpaired) electrons. The molecule has 1 aromatic rings. The van der Waals surface area contributed by atoms with E-state index in [-0.39, 0.29) is 11.4 Å². The molecular formula is C9H8FNO5. The van der Waals surface area contributed by atoms with Gasteiger partial charge in [0, 0.05) is 6.07 Å². The summed E-state index contributed by atoms with van der Waals surface area (Å²) in [5.41, 5.74) is -0.255. The molecule has 0 aliphatic heterocycles. The van der Waals surface area contributed by atoms with Crippen molar-refractivity contribution in [2.75, 3.05) is 7.11 Å². The number of benzene rings is 1. The van der Waals surface area contributed by atoms with E-state index in [1.165, 1.54) is 18.2 Å². The van der Waals surface area contributed by atoms with Crippen LogP contribution in [0.1, 0.15) is 0 Å². The molecular weight excluding hydrogens is 221 g/mol. The monoisotopic (exact) mass is 229 g/mol. The van der Waals surface area contributed by atoms with Crippen LogP contribution < -0.4 is 4.74 Å². The Morgan fingerprint density at radius 2 is 2.25 bits per heavy atom. The van der Waals surface area contributed by atoms with Crippen molar-refractivity contribution in [3.63, 3.8) is 0 Å². The zero-order valence-corrected chi connectivity index (χ0v) is 8.25. The standard InChI is InChI=1S/C9H8FNO5/c1-15-9(12)8(10)16-7-4-2-3-6(5-7)11(13)14/h2-5,8H,1H3. The lowest BCUT2D eigenvalue weighted by molar-refractivity contribution is -0.385. The Morgan fingerprint density at radius 1 is 1.56 bits per heavy atom. The Bertz CT molecular complexity index is 409. The van der Waals surface area contributed by atoms with Crippen molar-refractivity contribution in [2.45, 2.75) is 6.36 Å². The van der Waals surface area contributed by atoms with E-state index in [2.05, 4.69) is 9.47 Å². The summed E-state index contributed by atoms with van der Waals surface area (Å²) < 4.78 is 21.5. The number of carbonyl (C=O) groups excluding carboxylic acids is 1. The van der Waals surface area contributed by atoms with Gasteiger partial charge in [-0.3, -0.25) is 10.1 Å². The normalized spacial score (nSPS) is 11.6. The topological polar surface area (TPSA) is 78.7 Å². The maximum absolute atomic E-state index is 12.9. The van der Waals surface area contributed by atoms with Gasteiger partial charge in [0.15, 0.2) is 0 Å². The van der Waals surface area contributed by atoms with E-state index < -0.39 is 17.3 Å². The van der Waals surface area contributed by atoms with Gasteiger partial charge in [-0.2, -0.15) is 4.39 Å². The van der Waals surface area contributed by atoms with Crippen LogP contribution in [-0.4, -0.2) is 24.4 Å². The molecule has 7 heteroatoms. The number of rotatable bonds is 4. The van der Waals surface area contributed by atoms with Gasteiger partial charge in [0.05, 0.1) is 18.1 Å². The molecule has 1 aromatic carbocycles. The van der Waals surface area contributed by atoms with Gasteiger partial charge in [-0.1, -0.05) is 6.07 Å². The Labute approximate surface area is 89.7 Å². The molecule has 0 fully saturated rings. The summed E-state index contributed by atoms with van der Waals surface area (Å²) in [7, 11) is 1.01. The van der Waals surface area contributed by atoms with E-state index in [0.717, 1.165) is 13.2 Å². The molecule has 0 bridgehead atoms. The summed E-state index contributed by atoms with van der Waals surface area (Å²) in [6, 6.07) is 4.84. The van der Waals surface area contributed by atoms with E-state index in [1.54, 1.807) is 0 Å². The second-order valence-corrected chi connectivity index (χ2v) is 2.71. The van der Waals surface area contributed by atoms with Crippen LogP contribution in [-0.2, 0) is 9.53 Å². The molecule has 0 N–H and O–H groups in total. The number of hydrogen-bond acceptors (Lipinski definition) is 5. The van der Waals surface area contributed by atoms with Gasteiger partial charge in [0.1, 0.15) is 5.75 Å². The first-order valence-corrected chi connectivity index (χ1v) is 4.17. The van der Waals surface area contributed by atoms with Gasteiger partial charge in [-0.05, 0) is 6.07 Å². The number of methoxy groups -OCH3 is 1. The third-order valence-electron chi connectivity index (χ3n) is 1.65. The van der Waals surface area contributed by atoms with E-state index in [0.29, 0.717) is 0 Å². The van der Waals surface area contributed by atoms with Crippen molar-refractivity contribution < 1.29 is 23.6 Å². The second-order valence-electron chi connectivity index (χ2n) is 2.71. The van der Waals surface area contributed by atoms with Gasteiger partial charge < -0.3 is 9.47 Å². The SMILES string of the molecule is COC(=O)C(F)Oc1cccc([N+](=O)[O-])c1. The number of carbonyl (C=O) groups is 1. The van der Waals surface area contributed by atoms with Gasteiger partial charge in [0.25, 0.3) is 5.69 Å². The predicted molar refractivity (Wildman–Crippen MR) is 50.6 cm³/mol. The fourth-order valence-corrected chi connectivity index (χ4v) is 0.931. The summed E-state index contributed by atoms with van der Waals surface area (Å²) in [5, 5.41) is 10.4. The van der Waals surface area contributed by atoms with Crippen molar-refractivity contribution >= 4 is 11.7 Å². The molecule has 1 unspecified atom stereocenters. The van der Waals surface area contributed by atoms with Crippen LogP contribution >= 0.6 is 0 Å². The first kappa shape index (κ1) is 11.9. The molecule has 0 amide bonds. The zero-order valence-electron chi connectivity index (χ0n) is 8.25. The number of nitro benzene ring substituents is 1. The largest absolute Gasteiger partial charge is 0.464 e. The average molecular weight is 229 g/mol. The highest BCUT2D eigenvalue weighted by atomic mass is 19.1. The summed E-state index contributed by atoms with van der Waals surface area (Å²) in [4.78, 5) is 20.4. The van der Waals surface area contributed by atoms with Gasteiger partial charge in [0.2, 0.25) is 0 Å². The van der Waals surface area contributed by atoms with Crippen LogP contribution in [0.5, 0.6) is 5.75 Å². The first-order chi connectivity index (χ1) is 7.54. The van der Waals surface area contributed by atoms with Crippen molar-refractivity contribution in [2.24, 2.45) is 0 Å². The number of non-ortho nitro benzene ring substituents is 1. The number of ether oxygens (including phenoxy) is 2.